The van der Waals surface area contributed by atoms with Gasteiger partial charge in [-0.05, 0) is 104 Å². The molecule has 5 saturated carbocycles. The van der Waals surface area contributed by atoms with Crippen LogP contribution in [0.25, 0.3) is 0 Å². The average molecular weight is 441 g/mol. The third kappa shape index (κ3) is 2.39. The molecule has 0 amide bonds. The van der Waals surface area contributed by atoms with E-state index in [4.69, 9.17) is 0 Å². The number of Topliss-reactive ketones (excluding diaryl/α,β-unsaturated/α-hetero) is 1. The molecule has 9 atom stereocenters. The molecule has 0 spiro atoms. The summed E-state index contributed by atoms with van der Waals surface area (Å²) in [4.78, 5) is 25.8. The molecule has 0 aromatic rings. The lowest BCUT2D eigenvalue weighted by Crippen LogP contribution is -2.64. The fourth-order valence-electron chi connectivity index (χ4n) is 11.1. The maximum atomic E-state index is 13.1. The summed E-state index contributed by atoms with van der Waals surface area (Å²) in [6.07, 6.45) is 8.99. The quantitative estimate of drug-likeness (QED) is 0.475. The highest BCUT2D eigenvalue weighted by Crippen LogP contribution is 2.77. The minimum atomic E-state index is -0.556. The van der Waals surface area contributed by atoms with Crippen molar-refractivity contribution < 1.29 is 14.7 Å². The average Bonchev–Trinajstić information content (AvgIpc) is 3.17. The van der Waals surface area contributed by atoms with Crippen LogP contribution in [0.3, 0.4) is 0 Å². The van der Waals surface area contributed by atoms with Crippen LogP contribution in [0, 0.1) is 56.7 Å². The van der Waals surface area contributed by atoms with E-state index in [0.29, 0.717) is 29.5 Å². The summed E-state index contributed by atoms with van der Waals surface area (Å²) < 4.78 is 0. The third-order valence-electron chi connectivity index (χ3n) is 12.9. The molecule has 0 bridgehead atoms. The first-order chi connectivity index (χ1) is 14.8. The molecule has 0 heterocycles. The number of ketones is 1. The van der Waals surface area contributed by atoms with Crippen LogP contribution in [0.1, 0.15) is 99.3 Å². The van der Waals surface area contributed by atoms with E-state index in [0.717, 1.165) is 51.4 Å². The fourth-order valence-corrected chi connectivity index (χ4v) is 11.1. The van der Waals surface area contributed by atoms with Gasteiger partial charge in [-0.25, -0.2) is 0 Å². The molecule has 5 rings (SSSR count). The van der Waals surface area contributed by atoms with Gasteiger partial charge in [0.2, 0.25) is 0 Å². The van der Waals surface area contributed by atoms with Crippen molar-refractivity contribution in [2.75, 3.05) is 0 Å². The third-order valence-corrected chi connectivity index (χ3v) is 12.9. The normalized spacial score (nSPS) is 53.7. The van der Waals surface area contributed by atoms with Gasteiger partial charge in [-0.1, -0.05) is 46.8 Å². The molecule has 1 N–H and O–H groups in total. The van der Waals surface area contributed by atoms with Gasteiger partial charge in [0.05, 0.1) is 5.41 Å². The Kier molecular flexibility index (Phi) is 4.61. The highest BCUT2D eigenvalue weighted by molar-refractivity contribution is 5.88. The zero-order chi connectivity index (χ0) is 23.5. The van der Waals surface area contributed by atoms with E-state index in [1.807, 2.05) is 0 Å². The monoisotopic (exact) mass is 440 g/mol. The molecule has 5 fully saturated rings. The van der Waals surface area contributed by atoms with Gasteiger partial charge in [0.25, 0.3) is 0 Å². The van der Waals surface area contributed by atoms with Gasteiger partial charge in [-0.2, -0.15) is 0 Å². The molecular formula is C29H44O3. The molecule has 0 aliphatic heterocycles. The van der Waals surface area contributed by atoms with E-state index in [1.165, 1.54) is 12.0 Å². The Morgan fingerprint density at radius 1 is 0.906 bits per heavy atom. The van der Waals surface area contributed by atoms with Gasteiger partial charge in [0.1, 0.15) is 5.78 Å². The molecule has 5 aliphatic rings. The first-order valence-corrected chi connectivity index (χ1v) is 13.2. The van der Waals surface area contributed by atoms with Crippen molar-refractivity contribution in [2.24, 2.45) is 56.7 Å². The van der Waals surface area contributed by atoms with Crippen LogP contribution in [0.4, 0.5) is 0 Å². The van der Waals surface area contributed by atoms with E-state index >= 15 is 0 Å². The lowest BCUT2D eigenvalue weighted by Gasteiger charge is -2.70. The second-order valence-corrected chi connectivity index (χ2v) is 14.0. The zero-order valence-corrected chi connectivity index (χ0v) is 21.2. The van der Waals surface area contributed by atoms with Crippen LogP contribution in [0.2, 0.25) is 0 Å². The summed E-state index contributed by atoms with van der Waals surface area (Å²) >= 11 is 0. The lowest BCUT2D eigenvalue weighted by molar-refractivity contribution is -0.221. The molecule has 178 valence electrons. The number of carbonyl (C=O) groups excluding carboxylic acids is 1. The summed E-state index contributed by atoms with van der Waals surface area (Å²) in [5.41, 5.74) is 0.842. The number of fused-ring (bicyclic) bond motifs is 7. The topological polar surface area (TPSA) is 54.4 Å². The predicted octanol–water partition coefficient (Wildman–Crippen LogP) is 6.91. The maximum Gasteiger partial charge on any atom is 0.309 e. The number of hydrogen-bond acceptors (Lipinski definition) is 2. The summed E-state index contributed by atoms with van der Waals surface area (Å²) in [6.45, 7) is 18.3. The number of hydrogen-bond donors (Lipinski definition) is 1. The number of carboxylic acid groups (broad SMARTS) is 1. The molecule has 0 saturated heterocycles. The molecule has 0 radical (unpaired) electrons. The predicted molar refractivity (Wildman–Crippen MR) is 127 cm³/mol. The number of allylic oxidation sites excluding steroid dienone is 1. The van der Waals surface area contributed by atoms with Crippen molar-refractivity contribution in [1.82, 2.24) is 0 Å². The van der Waals surface area contributed by atoms with Gasteiger partial charge < -0.3 is 5.11 Å². The largest absolute Gasteiger partial charge is 0.481 e. The Labute approximate surface area is 194 Å². The molecule has 5 aliphatic carbocycles. The molecule has 5 unspecified atom stereocenters. The van der Waals surface area contributed by atoms with Crippen molar-refractivity contribution >= 4 is 11.8 Å². The zero-order valence-electron chi connectivity index (χ0n) is 21.2. The minimum absolute atomic E-state index is 0.0896. The van der Waals surface area contributed by atoms with Gasteiger partial charge in [0.15, 0.2) is 0 Å². The highest BCUT2D eigenvalue weighted by Gasteiger charge is 2.73. The maximum absolute atomic E-state index is 13.1. The molecule has 3 heteroatoms. The Morgan fingerprint density at radius 3 is 2.22 bits per heavy atom. The standard InChI is InChI=1S/C29H44O3/c1-17(2)18-10-13-29(24(31)32)15-14-27(6)19(23(18)29)8-9-21-26(5)16-22(30)25(3,4)20(26)11-12-28(21,27)7/h18-21,23H,1,8-16H2,2-7H3,(H,31,32)/t18?,19?,20?,21?,23?,26-,27+,28+,29-/m0/s1. The van der Waals surface area contributed by atoms with Crippen LogP contribution < -0.4 is 0 Å². The van der Waals surface area contributed by atoms with Crippen molar-refractivity contribution in [1.29, 1.82) is 0 Å². The summed E-state index contributed by atoms with van der Waals surface area (Å²) in [7, 11) is 0. The van der Waals surface area contributed by atoms with Crippen LogP contribution in [0.15, 0.2) is 12.2 Å². The Morgan fingerprint density at radius 2 is 1.59 bits per heavy atom. The Bertz CT molecular complexity index is 887. The molecular weight excluding hydrogens is 396 g/mol. The van der Waals surface area contributed by atoms with Crippen molar-refractivity contribution in [3.05, 3.63) is 12.2 Å². The van der Waals surface area contributed by atoms with Crippen LogP contribution in [-0.4, -0.2) is 16.9 Å². The molecule has 0 aromatic carbocycles. The Balaban J connectivity index is 1.58. The minimum Gasteiger partial charge on any atom is -0.481 e. The lowest BCUT2D eigenvalue weighted by atomic mass is 9.34. The molecule has 3 nitrogen and oxygen atoms in total. The van der Waals surface area contributed by atoms with Crippen molar-refractivity contribution in [3.8, 4) is 0 Å². The van der Waals surface area contributed by atoms with Crippen LogP contribution in [0.5, 0.6) is 0 Å². The number of aliphatic carboxylic acids is 1. The number of carboxylic acids is 1. The summed E-state index contributed by atoms with van der Waals surface area (Å²) in [5.74, 6) is 1.96. The van der Waals surface area contributed by atoms with Gasteiger partial charge >= 0.3 is 5.97 Å². The SMILES string of the molecule is C=C(C)C1CC[C@]2(C(=O)O)CC[C@]3(C)C(CCC4[C@@]5(C)CC(=O)C(C)(C)C5CC[C@]43C)C12. The van der Waals surface area contributed by atoms with Crippen molar-refractivity contribution in [3.63, 3.8) is 0 Å². The number of carbonyl (C=O) groups is 2. The second kappa shape index (κ2) is 6.51. The van der Waals surface area contributed by atoms with Crippen molar-refractivity contribution in [2.45, 2.75) is 99.3 Å². The number of rotatable bonds is 2. The fraction of sp³-hybridized carbons (Fsp3) is 0.862. The summed E-state index contributed by atoms with van der Waals surface area (Å²) in [5, 5.41) is 10.5. The second-order valence-electron chi connectivity index (χ2n) is 14.0. The van der Waals surface area contributed by atoms with E-state index in [9.17, 15) is 14.7 Å². The van der Waals surface area contributed by atoms with Gasteiger partial charge in [0, 0.05) is 11.8 Å². The van der Waals surface area contributed by atoms with Crippen LogP contribution in [-0.2, 0) is 9.59 Å². The van der Waals surface area contributed by atoms with E-state index < -0.39 is 11.4 Å². The molecule has 0 aromatic heterocycles. The van der Waals surface area contributed by atoms with Gasteiger partial charge in [-0.15, -0.1) is 0 Å². The first kappa shape index (κ1) is 22.7. The molecule has 32 heavy (non-hydrogen) atoms. The first-order valence-electron chi connectivity index (χ1n) is 13.2. The summed E-state index contributed by atoms with van der Waals surface area (Å²) in [6, 6.07) is 0. The van der Waals surface area contributed by atoms with E-state index in [-0.39, 0.29) is 27.6 Å². The van der Waals surface area contributed by atoms with Crippen LogP contribution >= 0.6 is 0 Å². The highest BCUT2D eigenvalue weighted by atomic mass is 16.4. The smallest absolute Gasteiger partial charge is 0.309 e. The van der Waals surface area contributed by atoms with E-state index in [1.54, 1.807) is 0 Å². The van der Waals surface area contributed by atoms with E-state index in [2.05, 4.69) is 48.1 Å². The Hall–Kier alpha value is -1.12. The van der Waals surface area contributed by atoms with Gasteiger partial charge in [-0.3, -0.25) is 9.59 Å².